The molecule has 0 aliphatic carbocycles. The molecule has 0 radical (unpaired) electrons. The van der Waals surface area contributed by atoms with Crippen LogP contribution in [-0.2, 0) is 16.0 Å². The number of hydrogen-bond acceptors (Lipinski definition) is 6. The van der Waals surface area contributed by atoms with Crippen molar-refractivity contribution in [1.82, 2.24) is 14.9 Å². The van der Waals surface area contributed by atoms with E-state index in [0.717, 1.165) is 18.0 Å². The fourth-order valence-corrected chi connectivity index (χ4v) is 2.02. The van der Waals surface area contributed by atoms with E-state index in [2.05, 4.69) is 14.9 Å². The zero-order valence-electron chi connectivity index (χ0n) is 10.3. The standard InChI is InChI=1S/C10H14N4O4S/c1-2-3-5-8(19-14-13-5)9(16)12-6(10(17)18)4-7(11)15/h6H,2-4H2,1H3,(H2,11,15)(H,12,16)(H,17,18)/t6-/m0/s1. The van der Waals surface area contributed by atoms with Crippen LogP contribution in [0.15, 0.2) is 0 Å². The molecule has 104 valence electrons. The number of rotatable bonds is 7. The third kappa shape index (κ3) is 4.28. The molecule has 2 amide bonds. The van der Waals surface area contributed by atoms with Gasteiger partial charge in [0.1, 0.15) is 10.9 Å². The Morgan fingerprint density at radius 2 is 2.16 bits per heavy atom. The molecule has 4 N–H and O–H groups in total. The lowest BCUT2D eigenvalue weighted by Crippen LogP contribution is -2.43. The summed E-state index contributed by atoms with van der Waals surface area (Å²) in [7, 11) is 0. The van der Waals surface area contributed by atoms with E-state index in [-0.39, 0.29) is 4.88 Å². The molecule has 1 heterocycles. The highest BCUT2D eigenvalue weighted by atomic mass is 32.1. The summed E-state index contributed by atoms with van der Waals surface area (Å²) in [5, 5.41) is 14.9. The van der Waals surface area contributed by atoms with Gasteiger partial charge in [-0.05, 0) is 18.0 Å². The van der Waals surface area contributed by atoms with E-state index in [4.69, 9.17) is 10.8 Å². The lowest BCUT2D eigenvalue weighted by Gasteiger charge is -2.12. The van der Waals surface area contributed by atoms with Gasteiger partial charge in [0, 0.05) is 0 Å². The number of carbonyl (C=O) groups is 3. The van der Waals surface area contributed by atoms with E-state index >= 15 is 0 Å². The Morgan fingerprint density at radius 3 is 2.68 bits per heavy atom. The van der Waals surface area contributed by atoms with Crippen LogP contribution in [0.3, 0.4) is 0 Å². The SMILES string of the molecule is CCCc1nnsc1C(=O)N[C@@H](CC(N)=O)C(=O)O. The monoisotopic (exact) mass is 286 g/mol. The van der Waals surface area contributed by atoms with Crippen LogP contribution in [0.25, 0.3) is 0 Å². The minimum Gasteiger partial charge on any atom is -0.480 e. The van der Waals surface area contributed by atoms with Gasteiger partial charge in [0.25, 0.3) is 5.91 Å². The number of nitrogens with two attached hydrogens (primary N) is 1. The highest BCUT2D eigenvalue weighted by molar-refractivity contribution is 7.08. The third-order valence-electron chi connectivity index (χ3n) is 2.26. The number of aliphatic carboxylic acids is 1. The molecule has 19 heavy (non-hydrogen) atoms. The van der Waals surface area contributed by atoms with Gasteiger partial charge in [-0.25, -0.2) is 4.79 Å². The molecule has 0 bridgehead atoms. The summed E-state index contributed by atoms with van der Waals surface area (Å²) in [5.41, 5.74) is 5.45. The molecule has 0 aliphatic rings. The van der Waals surface area contributed by atoms with Crippen molar-refractivity contribution < 1.29 is 19.5 Å². The number of amides is 2. The zero-order valence-corrected chi connectivity index (χ0v) is 11.1. The summed E-state index contributed by atoms with van der Waals surface area (Å²) in [5.74, 6) is -2.72. The smallest absolute Gasteiger partial charge is 0.326 e. The van der Waals surface area contributed by atoms with Gasteiger partial charge in [-0.3, -0.25) is 9.59 Å². The Bertz CT molecular complexity index is 488. The van der Waals surface area contributed by atoms with E-state index < -0.39 is 30.2 Å². The number of carboxylic acids is 1. The van der Waals surface area contributed by atoms with E-state index in [1.807, 2.05) is 6.92 Å². The van der Waals surface area contributed by atoms with Crippen LogP contribution in [0.1, 0.15) is 35.1 Å². The van der Waals surface area contributed by atoms with Crippen molar-refractivity contribution in [3.63, 3.8) is 0 Å². The Balaban J connectivity index is 2.78. The average Bonchev–Trinajstić information content (AvgIpc) is 2.76. The summed E-state index contributed by atoms with van der Waals surface area (Å²) in [6, 6.07) is -1.35. The lowest BCUT2D eigenvalue weighted by atomic mass is 10.2. The normalized spacial score (nSPS) is 11.8. The number of nitrogens with zero attached hydrogens (tertiary/aromatic N) is 2. The first-order valence-corrected chi connectivity index (χ1v) is 6.36. The number of carbonyl (C=O) groups excluding carboxylic acids is 2. The van der Waals surface area contributed by atoms with Gasteiger partial charge < -0.3 is 16.2 Å². The summed E-state index contributed by atoms with van der Waals surface area (Å²) < 4.78 is 3.67. The van der Waals surface area contributed by atoms with Crippen molar-refractivity contribution in [1.29, 1.82) is 0 Å². The van der Waals surface area contributed by atoms with Crippen molar-refractivity contribution in [3.8, 4) is 0 Å². The van der Waals surface area contributed by atoms with Crippen LogP contribution < -0.4 is 11.1 Å². The van der Waals surface area contributed by atoms with E-state index in [9.17, 15) is 14.4 Å². The predicted molar refractivity (Wildman–Crippen MR) is 66.6 cm³/mol. The largest absolute Gasteiger partial charge is 0.480 e. The number of hydrogen-bond donors (Lipinski definition) is 3. The van der Waals surface area contributed by atoms with Gasteiger partial charge in [-0.2, -0.15) is 0 Å². The van der Waals surface area contributed by atoms with Gasteiger partial charge in [-0.15, -0.1) is 5.10 Å². The third-order valence-corrected chi connectivity index (χ3v) is 3.02. The molecular formula is C10H14N4O4S. The molecule has 9 heteroatoms. The molecule has 0 aliphatic heterocycles. The molecule has 8 nitrogen and oxygen atoms in total. The molecule has 1 atom stereocenters. The first kappa shape index (κ1) is 15.0. The minimum atomic E-state index is -1.35. The second-order valence-electron chi connectivity index (χ2n) is 3.83. The van der Waals surface area contributed by atoms with Crippen LogP contribution in [0.2, 0.25) is 0 Å². The van der Waals surface area contributed by atoms with E-state index in [1.54, 1.807) is 0 Å². The Labute approximate surface area is 113 Å². The molecule has 0 saturated carbocycles. The van der Waals surface area contributed by atoms with Crippen molar-refractivity contribution in [3.05, 3.63) is 10.6 Å². The fraction of sp³-hybridized carbons (Fsp3) is 0.500. The van der Waals surface area contributed by atoms with Gasteiger partial charge in [-0.1, -0.05) is 17.8 Å². The first-order valence-electron chi connectivity index (χ1n) is 5.58. The molecule has 0 spiro atoms. The molecule has 1 aromatic heterocycles. The Hall–Kier alpha value is -2.03. The molecule has 0 aromatic carbocycles. The van der Waals surface area contributed by atoms with Gasteiger partial charge in [0.05, 0.1) is 12.1 Å². The van der Waals surface area contributed by atoms with Crippen LogP contribution in [0.4, 0.5) is 0 Å². The number of carboxylic acid groups (broad SMARTS) is 1. The van der Waals surface area contributed by atoms with Crippen LogP contribution in [0, 0.1) is 0 Å². The number of aryl methyl sites for hydroxylation is 1. The molecule has 0 fully saturated rings. The van der Waals surface area contributed by atoms with E-state index in [1.165, 1.54) is 0 Å². The zero-order chi connectivity index (χ0) is 14.4. The van der Waals surface area contributed by atoms with Gasteiger partial charge in [0.2, 0.25) is 5.91 Å². The maximum absolute atomic E-state index is 11.9. The van der Waals surface area contributed by atoms with Gasteiger partial charge in [0.15, 0.2) is 0 Å². The van der Waals surface area contributed by atoms with E-state index in [0.29, 0.717) is 12.1 Å². The summed E-state index contributed by atoms with van der Waals surface area (Å²) in [4.78, 5) is 33.8. The minimum absolute atomic E-state index is 0.262. The molecule has 0 saturated heterocycles. The lowest BCUT2D eigenvalue weighted by molar-refractivity contribution is -0.140. The van der Waals surface area contributed by atoms with Crippen LogP contribution in [-0.4, -0.2) is 38.5 Å². The topological polar surface area (TPSA) is 135 Å². The molecular weight excluding hydrogens is 272 g/mol. The van der Waals surface area contributed by atoms with Crippen LogP contribution in [0.5, 0.6) is 0 Å². The molecule has 0 unspecified atom stereocenters. The number of primary amides is 1. The maximum atomic E-state index is 11.9. The second kappa shape index (κ2) is 6.78. The predicted octanol–water partition coefficient (Wildman–Crippen LogP) is -0.451. The number of aromatic nitrogens is 2. The summed E-state index contributed by atoms with van der Waals surface area (Å²) >= 11 is 0.888. The molecule has 1 aromatic rings. The fourth-order valence-electron chi connectivity index (χ4n) is 1.41. The van der Waals surface area contributed by atoms with Crippen molar-refractivity contribution in [2.45, 2.75) is 32.2 Å². The Morgan fingerprint density at radius 1 is 1.47 bits per heavy atom. The number of nitrogens with one attached hydrogen (secondary N) is 1. The maximum Gasteiger partial charge on any atom is 0.326 e. The van der Waals surface area contributed by atoms with Crippen molar-refractivity contribution in [2.75, 3.05) is 0 Å². The van der Waals surface area contributed by atoms with Gasteiger partial charge >= 0.3 is 5.97 Å². The van der Waals surface area contributed by atoms with Crippen molar-refractivity contribution in [2.24, 2.45) is 5.73 Å². The molecule has 1 rings (SSSR count). The van der Waals surface area contributed by atoms with Crippen LogP contribution >= 0.6 is 11.5 Å². The first-order chi connectivity index (χ1) is 8.95. The Kier molecular flexibility index (Phi) is 5.37. The van der Waals surface area contributed by atoms with Crippen molar-refractivity contribution >= 4 is 29.3 Å². The highest BCUT2D eigenvalue weighted by Gasteiger charge is 2.25. The summed E-state index contributed by atoms with van der Waals surface area (Å²) in [6.45, 7) is 1.92. The second-order valence-corrected chi connectivity index (χ2v) is 4.59. The summed E-state index contributed by atoms with van der Waals surface area (Å²) in [6.07, 6.45) is 0.901. The average molecular weight is 286 g/mol. The highest BCUT2D eigenvalue weighted by Crippen LogP contribution is 2.12. The quantitative estimate of drug-likeness (QED) is 0.621.